The number of primary amides is 1. The third kappa shape index (κ3) is 2.96. The monoisotopic (exact) mass is 371 g/mol. The molecule has 0 aromatic carbocycles. The van der Waals surface area contributed by atoms with Gasteiger partial charge in [-0.25, -0.2) is 15.0 Å². The summed E-state index contributed by atoms with van der Waals surface area (Å²) in [6.07, 6.45) is -0.376. The minimum absolute atomic E-state index is 0.411. The number of carbonyl (C=O) groups is 1. The van der Waals surface area contributed by atoms with Gasteiger partial charge in [-0.1, -0.05) is 12.8 Å². The average molecular weight is 371 g/mol. The van der Waals surface area contributed by atoms with Crippen molar-refractivity contribution in [3.8, 4) is 11.8 Å². The lowest BCUT2D eigenvalue weighted by Gasteiger charge is -2.23. The molecule has 0 saturated carbocycles. The maximum Gasteiger partial charge on any atom is 0.249 e. The molecule has 27 heavy (non-hydrogen) atoms. The van der Waals surface area contributed by atoms with Crippen molar-refractivity contribution in [3.63, 3.8) is 0 Å². The van der Waals surface area contributed by atoms with Gasteiger partial charge in [-0.3, -0.25) is 9.36 Å². The minimum Gasteiger partial charge on any atom is -0.367 e. The molecule has 2 aliphatic heterocycles. The topological polar surface area (TPSA) is 114 Å². The zero-order valence-electron chi connectivity index (χ0n) is 15.6. The zero-order valence-corrected chi connectivity index (χ0v) is 15.6. The molecule has 4 atom stereocenters. The summed E-state index contributed by atoms with van der Waals surface area (Å²) in [6.45, 7) is 7.38. The summed E-state index contributed by atoms with van der Waals surface area (Å²) < 4.78 is 19.5. The van der Waals surface area contributed by atoms with Crippen molar-refractivity contribution in [2.45, 2.75) is 64.4 Å². The van der Waals surface area contributed by atoms with Crippen LogP contribution in [0.5, 0.6) is 0 Å². The molecule has 0 aliphatic carbocycles. The molecule has 0 radical (unpaired) electrons. The zero-order chi connectivity index (χ0) is 19.3. The highest BCUT2D eigenvalue weighted by molar-refractivity contribution is 5.80. The number of nitrogens with two attached hydrogens (primary N) is 1. The summed E-state index contributed by atoms with van der Waals surface area (Å²) in [5, 5.41) is 0. The maximum atomic E-state index is 11.9. The fraction of sp³-hybridized carbons (Fsp3) is 0.556. The van der Waals surface area contributed by atoms with Crippen molar-refractivity contribution in [2.75, 3.05) is 0 Å². The highest BCUT2D eigenvalue weighted by Gasteiger charge is 2.57. The normalized spacial score (nSPS) is 28.7. The van der Waals surface area contributed by atoms with Crippen LogP contribution >= 0.6 is 0 Å². The van der Waals surface area contributed by atoms with E-state index in [1.54, 1.807) is 24.7 Å². The molecule has 2 saturated heterocycles. The Balaban J connectivity index is 1.79. The Kier molecular flexibility index (Phi) is 4.14. The van der Waals surface area contributed by atoms with Crippen LogP contribution in [0.1, 0.15) is 44.9 Å². The number of ether oxygens (including phenoxy) is 3. The first-order valence-corrected chi connectivity index (χ1v) is 8.81. The van der Waals surface area contributed by atoms with E-state index in [0.29, 0.717) is 29.1 Å². The van der Waals surface area contributed by atoms with Gasteiger partial charge in [-0.05, 0) is 26.7 Å². The Bertz CT molecular complexity index is 973. The summed E-state index contributed by atoms with van der Waals surface area (Å²) >= 11 is 0. The van der Waals surface area contributed by atoms with E-state index in [2.05, 4.69) is 26.8 Å². The van der Waals surface area contributed by atoms with Gasteiger partial charge in [0.2, 0.25) is 11.7 Å². The van der Waals surface area contributed by atoms with Crippen molar-refractivity contribution in [1.82, 2.24) is 19.5 Å². The number of nitrogens with zero attached hydrogens (tertiary/aromatic N) is 4. The molecule has 1 unspecified atom stereocenters. The largest absolute Gasteiger partial charge is 0.367 e. The first-order valence-electron chi connectivity index (χ1n) is 8.81. The number of amides is 1. The summed E-state index contributed by atoms with van der Waals surface area (Å²) in [7, 11) is 0. The SMILES string of the molecule is CCC#Cc1nc(C)c2ncn([C@@H]3O[C@H](C(N)=O)[C@@H]4OC(C)(C)OC43)c2n1. The molecular weight excluding hydrogens is 350 g/mol. The van der Waals surface area contributed by atoms with Crippen molar-refractivity contribution < 1.29 is 19.0 Å². The molecule has 9 nitrogen and oxygen atoms in total. The lowest BCUT2D eigenvalue weighted by Crippen LogP contribution is -2.39. The van der Waals surface area contributed by atoms with Crippen molar-refractivity contribution in [1.29, 1.82) is 0 Å². The second-order valence-corrected chi connectivity index (χ2v) is 7.03. The van der Waals surface area contributed by atoms with Crippen LogP contribution in [0, 0.1) is 18.8 Å². The smallest absolute Gasteiger partial charge is 0.249 e. The van der Waals surface area contributed by atoms with Crippen molar-refractivity contribution >= 4 is 17.1 Å². The Morgan fingerprint density at radius 1 is 1.33 bits per heavy atom. The molecule has 2 aromatic heterocycles. The highest BCUT2D eigenvalue weighted by atomic mass is 16.8. The molecular formula is C18H21N5O4. The van der Waals surface area contributed by atoms with Gasteiger partial charge in [0.25, 0.3) is 0 Å². The standard InChI is InChI=1S/C18H21N5O4/c1-5-6-7-10-21-9(2)11-16(22-10)23(8-20-11)17-14-12(13(25-17)15(19)24)26-18(3,4)27-14/h8,12-14,17H,5H2,1-4H3,(H2,19,24)/t12-,13-,14?,17+/m0/s1. The number of aromatic nitrogens is 4. The van der Waals surface area contributed by atoms with Gasteiger partial charge in [0, 0.05) is 6.42 Å². The Hall–Kier alpha value is -2.54. The molecule has 142 valence electrons. The Morgan fingerprint density at radius 2 is 2.07 bits per heavy atom. The van der Waals surface area contributed by atoms with Crippen LogP contribution in [0.4, 0.5) is 0 Å². The lowest BCUT2D eigenvalue weighted by atomic mass is 10.1. The van der Waals surface area contributed by atoms with Crippen LogP contribution in [0.2, 0.25) is 0 Å². The second-order valence-electron chi connectivity index (χ2n) is 7.03. The fourth-order valence-corrected chi connectivity index (χ4v) is 3.50. The predicted molar refractivity (Wildman–Crippen MR) is 94.2 cm³/mol. The van der Waals surface area contributed by atoms with Gasteiger partial charge in [0.05, 0.1) is 12.0 Å². The lowest BCUT2D eigenvalue weighted by molar-refractivity contribution is -0.196. The molecule has 0 bridgehead atoms. The minimum atomic E-state index is -0.915. The molecule has 2 aliphatic rings. The average Bonchev–Trinajstić information content (AvgIpc) is 3.23. The molecule has 0 spiro atoms. The third-order valence-electron chi connectivity index (χ3n) is 4.56. The molecule has 2 fully saturated rings. The molecule has 4 rings (SSSR count). The number of hydrogen-bond acceptors (Lipinski definition) is 7. The van der Waals surface area contributed by atoms with E-state index >= 15 is 0 Å². The number of imidazole rings is 1. The van der Waals surface area contributed by atoms with Crippen LogP contribution in [-0.2, 0) is 19.0 Å². The van der Waals surface area contributed by atoms with E-state index in [-0.39, 0.29) is 0 Å². The number of hydrogen-bond donors (Lipinski definition) is 1. The summed E-state index contributed by atoms with van der Waals surface area (Å²) in [6, 6.07) is 0. The van der Waals surface area contributed by atoms with E-state index in [4.69, 9.17) is 19.9 Å². The summed E-state index contributed by atoms with van der Waals surface area (Å²) in [5.41, 5.74) is 7.41. The van der Waals surface area contributed by atoms with Gasteiger partial charge in [0.1, 0.15) is 17.7 Å². The van der Waals surface area contributed by atoms with Crippen LogP contribution in [0.25, 0.3) is 11.2 Å². The van der Waals surface area contributed by atoms with E-state index in [0.717, 1.165) is 0 Å². The van der Waals surface area contributed by atoms with Crippen LogP contribution in [0.15, 0.2) is 6.33 Å². The quantitative estimate of drug-likeness (QED) is 0.777. The van der Waals surface area contributed by atoms with E-state index < -0.39 is 36.2 Å². The number of aryl methyl sites for hydroxylation is 1. The summed E-state index contributed by atoms with van der Waals surface area (Å²) in [4.78, 5) is 25.2. The van der Waals surface area contributed by atoms with Crippen LogP contribution in [-0.4, -0.2) is 49.5 Å². The maximum absolute atomic E-state index is 11.9. The van der Waals surface area contributed by atoms with Crippen LogP contribution < -0.4 is 5.73 Å². The number of carbonyl (C=O) groups excluding carboxylic acids is 1. The second kappa shape index (κ2) is 6.27. The van der Waals surface area contributed by atoms with Gasteiger partial charge >= 0.3 is 0 Å². The number of fused-ring (bicyclic) bond motifs is 2. The predicted octanol–water partition coefficient (Wildman–Crippen LogP) is 0.799. The first kappa shape index (κ1) is 17.9. The highest BCUT2D eigenvalue weighted by Crippen LogP contribution is 2.43. The van der Waals surface area contributed by atoms with E-state index in [1.807, 2.05) is 13.8 Å². The third-order valence-corrected chi connectivity index (χ3v) is 4.56. The van der Waals surface area contributed by atoms with Gasteiger partial charge in [-0.2, -0.15) is 0 Å². The van der Waals surface area contributed by atoms with Crippen molar-refractivity contribution in [2.24, 2.45) is 5.73 Å². The first-order chi connectivity index (χ1) is 12.8. The Morgan fingerprint density at radius 3 is 2.78 bits per heavy atom. The molecule has 1 amide bonds. The molecule has 4 heterocycles. The van der Waals surface area contributed by atoms with E-state index in [1.165, 1.54) is 0 Å². The van der Waals surface area contributed by atoms with E-state index in [9.17, 15) is 4.79 Å². The van der Waals surface area contributed by atoms with Gasteiger partial charge < -0.3 is 19.9 Å². The van der Waals surface area contributed by atoms with Gasteiger partial charge in [0.15, 0.2) is 23.8 Å². The Labute approximate surface area is 156 Å². The number of rotatable bonds is 2. The van der Waals surface area contributed by atoms with Gasteiger partial charge in [-0.15, -0.1) is 0 Å². The summed E-state index contributed by atoms with van der Waals surface area (Å²) in [5.74, 6) is 4.87. The molecule has 9 heteroatoms. The van der Waals surface area contributed by atoms with Crippen molar-refractivity contribution in [3.05, 3.63) is 17.8 Å². The fourth-order valence-electron chi connectivity index (χ4n) is 3.50. The molecule has 2 aromatic rings. The molecule has 2 N–H and O–H groups in total. The van der Waals surface area contributed by atoms with Crippen LogP contribution in [0.3, 0.4) is 0 Å².